The lowest BCUT2D eigenvalue weighted by Crippen LogP contribution is -2.30. The third-order valence-electron chi connectivity index (χ3n) is 9.04. The molecule has 3 aromatic heterocycles. The second kappa shape index (κ2) is 15.3. The van der Waals surface area contributed by atoms with Crippen molar-refractivity contribution in [1.82, 2.24) is 25.3 Å². The van der Waals surface area contributed by atoms with Gasteiger partial charge in [-0.2, -0.15) is 0 Å². The Morgan fingerprint density at radius 3 is 2.62 bits per heavy atom. The zero-order valence-corrected chi connectivity index (χ0v) is 30.1. The molecule has 0 saturated carbocycles. The Hall–Kier alpha value is -6.19. The first kappa shape index (κ1) is 35.8. The molecule has 0 unspecified atom stereocenters. The van der Waals surface area contributed by atoms with Crippen LogP contribution in [0.15, 0.2) is 97.5 Å². The number of nitrogens with one attached hydrogen (secondary N) is 1. The lowest BCUT2D eigenvalue weighted by atomic mass is 9.97. The Morgan fingerprint density at radius 2 is 1.80 bits per heavy atom. The van der Waals surface area contributed by atoms with Crippen LogP contribution in [0.2, 0.25) is 5.02 Å². The maximum absolute atomic E-state index is 14.0. The number of halogens is 2. The molecule has 2 aliphatic rings. The standard InChI is InChI=1S/C40H29ClFN5O7S/c41-34-23-8-11-28(35(34)48)32-33-38(45-20-46-39(33)55-36(32)22-6-9-25(42)10-7-22)53-31(40(49)50)16-24-15-21(17-43-18-23)5-12-29(24)52-19-26-13-14-44-37(47-26)27-3-1-2-4-30(27)54-51/h1-15,20,31,43,48,51H,16-19H2,(H,49,50)/t31-/m1/s1. The van der Waals surface area contributed by atoms with E-state index in [1.807, 2.05) is 12.1 Å². The van der Waals surface area contributed by atoms with E-state index in [1.165, 1.54) is 29.8 Å². The number of carboxylic acids is 1. The van der Waals surface area contributed by atoms with Gasteiger partial charge in [-0.1, -0.05) is 60.1 Å². The molecular formula is C40H29ClFN5O7S. The van der Waals surface area contributed by atoms with Crippen molar-refractivity contribution in [2.24, 2.45) is 0 Å². The smallest absolute Gasteiger partial charge is 0.345 e. The van der Waals surface area contributed by atoms with Gasteiger partial charge in [0.25, 0.3) is 0 Å². The first-order valence-corrected chi connectivity index (χ1v) is 18.1. The second-order valence-electron chi connectivity index (χ2n) is 12.5. The van der Waals surface area contributed by atoms with E-state index < -0.39 is 17.9 Å². The average molecular weight is 778 g/mol. The van der Waals surface area contributed by atoms with Gasteiger partial charge in [0.15, 0.2) is 11.6 Å². The molecule has 0 spiro atoms. The molecule has 1 atom stereocenters. The molecule has 276 valence electrons. The number of thiophene rings is 1. The van der Waals surface area contributed by atoms with Crippen LogP contribution in [0, 0.1) is 5.82 Å². The number of fused-ring (bicyclic) bond motifs is 6. The number of hydrogen-bond acceptors (Lipinski definition) is 12. The maximum Gasteiger partial charge on any atom is 0.345 e. The SMILES string of the molecule is O=C(O)[C@H]1Cc2cc(ccc2OCc2ccnc(-c3ccccc3OO)n2)CNCc2ccc(c(O)c2Cl)-c2c(-c3ccc(F)cc3)sc3ncnc(c23)O1. The highest BCUT2D eigenvalue weighted by Crippen LogP contribution is 2.51. The number of nitrogens with zero attached hydrogens (tertiary/aromatic N) is 4. The quantitative estimate of drug-likeness (QED) is 0.0908. The first-order chi connectivity index (χ1) is 26.8. The van der Waals surface area contributed by atoms with Crippen LogP contribution in [0.4, 0.5) is 4.39 Å². The lowest BCUT2D eigenvalue weighted by Gasteiger charge is -2.20. The molecule has 0 fully saturated rings. The summed E-state index contributed by atoms with van der Waals surface area (Å²) in [6.45, 7) is 0.697. The third kappa shape index (κ3) is 7.23. The number of benzene rings is 4. The van der Waals surface area contributed by atoms with Crippen molar-refractivity contribution in [2.45, 2.75) is 32.2 Å². The number of aromatic hydroxyl groups is 1. The summed E-state index contributed by atoms with van der Waals surface area (Å²) >= 11 is 8.05. The van der Waals surface area contributed by atoms with Gasteiger partial charge < -0.3 is 29.9 Å². The highest BCUT2D eigenvalue weighted by atomic mass is 35.5. The minimum Gasteiger partial charge on any atom is -0.506 e. The predicted octanol–water partition coefficient (Wildman–Crippen LogP) is 8.09. The molecule has 0 amide bonds. The highest BCUT2D eigenvalue weighted by molar-refractivity contribution is 7.22. The summed E-state index contributed by atoms with van der Waals surface area (Å²) in [7, 11) is 0. The zero-order chi connectivity index (χ0) is 38.1. The van der Waals surface area contributed by atoms with E-state index in [0.29, 0.717) is 78.8 Å². The number of para-hydroxylation sites is 1. The van der Waals surface area contributed by atoms with Crippen LogP contribution < -0.4 is 19.7 Å². The van der Waals surface area contributed by atoms with E-state index in [0.717, 1.165) is 5.56 Å². The van der Waals surface area contributed by atoms with Crippen molar-refractivity contribution in [1.29, 1.82) is 0 Å². The molecule has 5 heterocycles. The van der Waals surface area contributed by atoms with Gasteiger partial charge in [-0.3, -0.25) is 0 Å². The van der Waals surface area contributed by atoms with Crippen molar-refractivity contribution >= 4 is 39.1 Å². The Morgan fingerprint density at radius 1 is 0.964 bits per heavy atom. The van der Waals surface area contributed by atoms with E-state index >= 15 is 0 Å². The van der Waals surface area contributed by atoms with Crippen LogP contribution in [0.3, 0.4) is 0 Å². The summed E-state index contributed by atoms with van der Waals surface area (Å²) in [4.78, 5) is 36.3. The molecule has 4 bridgehead atoms. The summed E-state index contributed by atoms with van der Waals surface area (Å²) < 4.78 is 26.5. The number of aliphatic carboxylic acids is 1. The van der Waals surface area contributed by atoms with Crippen LogP contribution >= 0.6 is 22.9 Å². The number of carboxylic acid groups (broad SMARTS) is 1. The third-order valence-corrected chi connectivity index (χ3v) is 10.6. The fraction of sp³-hybridized carbons (Fsp3) is 0.125. The number of aromatic nitrogens is 4. The Bertz CT molecular complexity index is 2570. The fourth-order valence-corrected chi connectivity index (χ4v) is 7.77. The summed E-state index contributed by atoms with van der Waals surface area (Å²) in [5, 5.41) is 35.3. The minimum atomic E-state index is -1.45. The molecule has 9 rings (SSSR count). The first-order valence-electron chi connectivity index (χ1n) is 16.9. The summed E-state index contributed by atoms with van der Waals surface area (Å²) in [6.07, 6.45) is 1.28. The molecule has 0 radical (unpaired) electrons. The van der Waals surface area contributed by atoms with Gasteiger partial charge in [-0.15, -0.1) is 11.3 Å². The molecule has 15 heteroatoms. The summed E-state index contributed by atoms with van der Waals surface area (Å²) in [5.41, 5.74) is 4.47. The topological polar surface area (TPSA) is 169 Å². The molecule has 2 aliphatic heterocycles. The Balaban J connectivity index is 1.20. The van der Waals surface area contributed by atoms with E-state index in [9.17, 15) is 24.7 Å². The van der Waals surface area contributed by atoms with Gasteiger partial charge in [0, 0.05) is 41.7 Å². The predicted molar refractivity (Wildman–Crippen MR) is 203 cm³/mol. The number of ether oxygens (including phenoxy) is 2. The van der Waals surface area contributed by atoms with E-state index in [-0.39, 0.29) is 35.4 Å². The van der Waals surface area contributed by atoms with Crippen molar-refractivity contribution in [3.05, 3.63) is 131 Å². The molecule has 0 aliphatic carbocycles. The summed E-state index contributed by atoms with van der Waals surface area (Å²) in [6, 6.07) is 23.3. The van der Waals surface area contributed by atoms with Gasteiger partial charge in [-0.25, -0.2) is 34.4 Å². The zero-order valence-electron chi connectivity index (χ0n) is 28.6. The Kier molecular flexibility index (Phi) is 9.95. The van der Waals surface area contributed by atoms with Gasteiger partial charge in [0.1, 0.15) is 35.1 Å². The minimum absolute atomic E-state index is 0.00934. The van der Waals surface area contributed by atoms with Crippen molar-refractivity contribution in [3.63, 3.8) is 0 Å². The van der Waals surface area contributed by atoms with Crippen LogP contribution in [0.25, 0.3) is 43.2 Å². The Labute approximate surface area is 321 Å². The van der Waals surface area contributed by atoms with Crippen molar-refractivity contribution in [2.75, 3.05) is 0 Å². The van der Waals surface area contributed by atoms with Gasteiger partial charge in [0.2, 0.25) is 12.0 Å². The molecule has 4 N–H and O–H groups in total. The molecule has 55 heavy (non-hydrogen) atoms. The van der Waals surface area contributed by atoms with Crippen LogP contribution in [0.1, 0.15) is 22.4 Å². The number of phenols is 1. The maximum atomic E-state index is 14.0. The van der Waals surface area contributed by atoms with Crippen LogP contribution in [-0.2, 0) is 30.9 Å². The second-order valence-corrected chi connectivity index (χ2v) is 13.9. The lowest BCUT2D eigenvalue weighted by molar-refractivity contribution is -0.145. The number of rotatable bonds is 7. The largest absolute Gasteiger partial charge is 0.506 e. The van der Waals surface area contributed by atoms with E-state index in [1.54, 1.807) is 66.9 Å². The van der Waals surface area contributed by atoms with Crippen LogP contribution in [-0.4, -0.2) is 47.5 Å². The number of phenolic OH excluding ortho intramolecular Hbond substituents is 1. The van der Waals surface area contributed by atoms with Crippen molar-refractivity contribution in [3.8, 4) is 56.1 Å². The molecule has 7 aromatic rings. The number of hydrogen-bond donors (Lipinski definition) is 4. The van der Waals surface area contributed by atoms with Gasteiger partial charge in [0.05, 0.1) is 21.7 Å². The van der Waals surface area contributed by atoms with E-state index in [4.69, 9.17) is 21.1 Å². The van der Waals surface area contributed by atoms with Gasteiger partial charge in [-0.05, 0) is 58.7 Å². The molecule has 4 aromatic carbocycles. The highest BCUT2D eigenvalue weighted by Gasteiger charge is 2.29. The van der Waals surface area contributed by atoms with Crippen molar-refractivity contribution < 1.29 is 39.0 Å². The van der Waals surface area contributed by atoms with Gasteiger partial charge >= 0.3 is 5.97 Å². The fourth-order valence-electron chi connectivity index (χ4n) is 6.39. The monoisotopic (exact) mass is 777 g/mol. The van der Waals surface area contributed by atoms with Crippen LogP contribution in [0.5, 0.6) is 23.1 Å². The molecular weight excluding hydrogens is 749 g/mol. The summed E-state index contributed by atoms with van der Waals surface area (Å²) in [5.74, 6) is -0.972. The molecule has 12 nitrogen and oxygen atoms in total. The normalized spacial score (nSPS) is 14.1. The number of carbonyl (C=O) groups is 1. The van der Waals surface area contributed by atoms with E-state index in [2.05, 4.69) is 30.1 Å². The molecule has 0 saturated heterocycles. The average Bonchev–Trinajstić information content (AvgIpc) is 3.59.